The van der Waals surface area contributed by atoms with Crippen molar-refractivity contribution in [2.75, 3.05) is 13.2 Å². The van der Waals surface area contributed by atoms with Crippen LogP contribution in [-0.4, -0.2) is 27.1 Å². The van der Waals surface area contributed by atoms with Crippen molar-refractivity contribution >= 4 is 13.3 Å². The Morgan fingerprint density at radius 3 is 1.92 bits per heavy atom. The molecule has 2 aliphatic carbocycles. The number of halogens is 1. The van der Waals surface area contributed by atoms with Crippen molar-refractivity contribution < 1.29 is 41.4 Å². The first-order chi connectivity index (χ1) is 11.3. The molecule has 1 heterocycles. The number of hydrogen-bond donors (Lipinski definition) is 0. The average Bonchev–Trinajstić information content (AvgIpc) is 3.08. The number of ether oxygens (including phenoxy) is 2. The van der Waals surface area contributed by atoms with Crippen molar-refractivity contribution in [3.63, 3.8) is 0 Å². The third-order valence-electron chi connectivity index (χ3n) is 6.91. The van der Waals surface area contributed by atoms with Gasteiger partial charge in [0.15, 0.2) is 5.79 Å². The van der Waals surface area contributed by atoms with Gasteiger partial charge in [-0.2, -0.15) is 0 Å². The summed E-state index contributed by atoms with van der Waals surface area (Å²) >= 11 is 0. The maximum absolute atomic E-state index is 6.01. The van der Waals surface area contributed by atoms with E-state index in [9.17, 15) is 0 Å². The molecule has 26 heavy (non-hydrogen) atoms. The second-order valence-corrected chi connectivity index (χ2v) is 13.9. The molecule has 3 fully saturated rings. The van der Waals surface area contributed by atoms with E-state index in [1.54, 1.807) is 5.19 Å². The Balaban J connectivity index is 0.00000121. The zero-order chi connectivity index (χ0) is 17.0. The normalized spacial score (nSPS) is 29.7. The van der Waals surface area contributed by atoms with E-state index in [-0.39, 0.29) is 37.7 Å². The van der Waals surface area contributed by atoms with Gasteiger partial charge in [-0.15, -0.1) is 0 Å². The smallest absolute Gasteiger partial charge is 0.162 e. The van der Waals surface area contributed by atoms with Gasteiger partial charge in [-0.3, -0.25) is 0 Å². The summed E-state index contributed by atoms with van der Waals surface area (Å²) in [6.45, 7) is 10.9. The molecule has 2 nitrogen and oxygen atoms in total. The van der Waals surface area contributed by atoms with Crippen molar-refractivity contribution in [1.29, 1.82) is 0 Å². The van der Waals surface area contributed by atoms with Gasteiger partial charge in [0.05, 0.1) is 21.3 Å². The molecule has 1 radical (unpaired) electrons. The van der Waals surface area contributed by atoms with Crippen LogP contribution in [-0.2, 0) is 29.0 Å². The van der Waals surface area contributed by atoms with Crippen molar-refractivity contribution in [2.45, 2.75) is 58.4 Å². The monoisotopic (exact) mass is 442 g/mol. The second-order valence-electron chi connectivity index (χ2n) is 9.41. The molecule has 141 valence electrons. The van der Waals surface area contributed by atoms with E-state index < -0.39 is 8.07 Å². The predicted octanol–water partition coefficient (Wildman–Crippen LogP) is 1.31. The first-order valence-corrected chi connectivity index (χ1v) is 12.5. The maximum Gasteiger partial charge on any atom is 0.162 e. The molecule has 1 saturated heterocycles. The summed E-state index contributed by atoms with van der Waals surface area (Å²) in [6.07, 6.45) is 5.31. The summed E-state index contributed by atoms with van der Waals surface area (Å²) in [5.74, 6) is 1.34. The molecule has 0 aromatic heterocycles. The molecule has 2 atom stereocenters. The summed E-state index contributed by atoms with van der Waals surface area (Å²) in [7, 11) is -1.44. The van der Waals surface area contributed by atoms with Gasteiger partial charge in [0.2, 0.25) is 0 Å². The topological polar surface area (TPSA) is 18.5 Å². The van der Waals surface area contributed by atoms with Crippen LogP contribution in [0.3, 0.4) is 0 Å². The Bertz CT molecular complexity index is 581. The third-order valence-corrected chi connectivity index (χ3v) is 10.9. The third kappa shape index (κ3) is 4.15. The second kappa shape index (κ2) is 7.95. The molecule has 1 spiro atoms. The van der Waals surface area contributed by atoms with Gasteiger partial charge in [-0.05, 0) is 56.9 Å². The van der Waals surface area contributed by atoms with Crippen LogP contribution in [0.25, 0.3) is 0 Å². The van der Waals surface area contributed by atoms with Crippen LogP contribution in [0.5, 0.6) is 0 Å². The number of hydrogen-bond acceptors (Lipinski definition) is 2. The molecule has 5 heteroatoms. The van der Waals surface area contributed by atoms with Crippen molar-refractivity contribution in [1.82, 2.24) is 0 Å². The molecule has 4 rings (SSSR count). The van der Waals surface area contributed by atoms with E-state index in [0.717, 1.165) is 25.0 Å². The Hall–Kier alpha value is 0.270. The van der Waals surface area contributed by atoms with Gasteiger partial charge in [0.25, 0.3) is 0 Å². The Morgan fingerprint density at radius 1 is 0.923 bits per heavy atom. The van der Waals surface area contributed by atoms with Crippen molar-refractivity contribution in [2.24, 2.45) is 17.3 Å². The zero-order valence-corrected chi connectivity index (χ0v) is 21.4. The number of rotatable bonds is 2. The number of fused-ring (bicyclic) bond motifs is 1. The van der Waals surface area contributed by atoms with Crippen LogP contribution in [0, 0.1) is 22.8 Å². The molecule has 1 aromatic carbocycles. The minimum atomic E-state index is -1.44. The van der Waals surface area contributed by atoms with Gasteiger partial charge in [0.1, 0.15) is 0 Å². The molecule has 0 N–H and O–H groups in total. The molecule has 1 aromatic rings. The standard InChI is InChI=1S/C21H31O2Si.ClH.Zn/c1-20(2)22-14-21(15-23-20)12-16-10-19(11-17(16)13-21)24(3,4)18-8-6-5-7-9-18;;/h5-9,16-17H,10-15H2,1-4H3;1H;/p-1/t16-,17-;;/m0../s1. The fraction of sp³-hybridized carbons (Fsp3) is 0.667. The van der Waals surface area contributed by atoms with E-state index >= 15 is 0 Å². The minimum Gasteiger partial charge on any atom is -1.00 e. The average molecular weight is 444 g/mol. The van der Waals surface area contributed by atoms with Crippen LogP contribution in [0.15, 0.2) is 30.3 Å². The Kier molecular flexibility index (Phi) is 6.90. The molecule has 0 bridgehead atoms. The first kappa shape index (κ1) is 22.6. The molecule has 0 amide bonds. The summed E-state index contributed by atoms with van der Waals surface area (Å²) in [4.78, 5) is 0. The summed E-state index contributed by atoms with van der Waals surface area (Å²) in [5.41, 5.74) is 2.19. The van der Waals surface area contributed by atoms with E-state index in [2.05, 4.69) is 43.4 Å². The van der Waals surface area contributed by atoms with Gasteiger partial charge in [-0.1, -0.05) is 48.6 Å². The van der Waals surface area contributed by atoms with Crippen LogP contribution in [0.2, 0.25) is 13.1 Å². The molecule has 3 aliphatic rings. The summed E-state index contributed by atoms with van der Waals surface area (Å²) < 4.78 is 12.0. The summed E-state index contributed by atoms with van der Waals surface area (Å²) in [6, 6.07) is 11.2. The predicted molar refractivity (Wildman–Crippen MR) is 101 cm³/mol. The van der Waals surface area contributed by atoms with E-state index in [0.29, 0.717) is 5.41 Å². The van der Waals surface area contributed by atoms with Gasteiger partial charge in [0, 0.05) is 24.9 Å². The first-order valence-electron chi connectivity index (χ1n) is 9.48. The fourth-order valence-corrected chi connectivity index (χ4v) is 8.24. The fourth-order valence-electron chi connectivity index (χ4n) is 5.27. The van der Waals surface area contributed by atoms with E-state index in [1.807, 2.05) is 19.4 Å². The van der Waals surface area contributed by atoms with Gasteiger partial charge >= 0.3 is 0 Å². The molecular formula is C21H31ClO2SiZn-. The van der Waals surface area contributed by atoms with Gasteiger partial charge < -0.3 is 21.9 Å². The van der Waals surface area contributed by atoms with E-state index in [4.69, 9.17) is 9.47 Å². The quantitative estimate of drug-likeness (QED) is 0.641. The molecule has 2 saturated carbocycles. The molecule has 0 unspecified atom stereocenters. The van der Waals surface area contributed by atoms with Crippen LogP contribution in [0.1, 0.15) is 39.5 Å². The molecular weight excluding hydrogens is 413 g/mol. The zero-order valence-electron chi connectivity index (χ0n) is 16.7. The van der Waals surface area contributed by atoms with Crippen LogP contribution < -0.4 is 17.6 Å². The summed E-state index contributed by atoms with van der Waals surface area (Å²) in [5, 5.41) is 1.60. The van der Waals surface area contributed by atoms with Crippen LogP contribution >= 0.6 is 0 Å². The Morgan fingerprint density at radius 2 is 1.42 bits per heavy atom. The van der Waals surface area contributed by atoms with Crippen molar-refractivity contribution in [3.05, 3.63) is 35.9 Å². The number of benzene rings is 1. The van der Waals surface area contributed by atoms with Crippen LogP contribution in [0.4, 0.5) is 0 Å². The van der Waals surface area contributed by atoms with Crippen molar-refractivity contribution in [3.8, 4) is 0 Å². The molecule has 1 aliphatic heterocycles. The Labute approximate surface area is 179 Å². The largest absolute Gasteiger partial charge is 1.00 e. The minimum absolute atomic E-state index is 0. The maximum atomic E-state index is 6.01. The van der Waals surface area contributed by atoms with E-state index in [1.165, 1.54) is 25.7 Å². The SMILES string of the molecule is CC1(C)OCC2(CO1)C[C@@H]1C[C]([Si](C)(C)c3ccccc3)C[C@H]1C2.[Cl-].[Zn]. The van der Waals surface area contributed by atoms with Gasteiger partial charge in [-0.25, -0.2) is 0 Å².